The Hall–Kier alpha value is -0.840. The first-order valence-corrected chi connectivity index (χ1v) is 3.14. The number of hydrogen-bond donors (Lipinski definition) is 0. The van der Waals surface area contributed by atoms with Gasteiger partial charge in [-0.15, -0.1) is 0 Å². The summed E-state index contributed by atoms with van der Waals surface area (Å²) in [7, 11) is 0. The van der Waals surface area contributed by atoms with E-state index in [0.29, 0.717) is 12.8 Å². The van der Waals surface area contributed by atoms with Gasteiger partial charge < -0.3 is 4.79 Å². The van der Waals surface area contributed by atoms with Gasteiger partial charge in [-0.25, -0.2) is 0 Å². The predicted octanol–water partition coefficient (Wildman–Crippen LogP) is 1.91. The zero-order valence-corrected chi connectivity index (χ0v) is 6.05. The molecule has 0 aromatic rings. The number of unbranched alkanes of at least 4 members (excludes halogenated alkanes) is 1. The van der Waals surface area contributed by atoms with Crippen molar-refractivity contribution in [1.29, 1.82) is 5.26 Å². The van der Waals surface area contributed by atoms with Crippen LogP contribution in [0.5, 0.6) is 0 Å². The first-order chi connectivity index (χ1) is 4.33. The second kappa shape index (κ2) is 15.7. The van der Waals surface area contributed by atoms with Crippen molar-refractivity contribution in [3.05, 3.63) is 0 Å². The summed E-state index contributed by atoms with van der Waals surface area (Å²) in [6, 6.07) is 2.02. The number of aldehydes is 1. The first kappa shape index (κ1) is 11.0. The van der Waals surface area contributed by atoms with Gasteiger partial charge in [0, 0.05) is 12.8 Å². The Kier molecular flexibility index (Phi) is 19.2. The lowest BCUT2D eigenvalue weighted by Crippen LogP contribution is -1.55. The van der Waals surface area contributed by atoms with Crippen molar-refractivity contribution < 1.29 is 4.79 Å². The molecule has 0 aromatic carbocycles. The molecule has 52 valence electrons. The molecule has 0 aliphatic carbocycles. The summed E-state index contributed by atoms with van der Waals surface area (Å²) in [5, 5.41) is 7.82. The van der Waals surface area contributed by atoms with Crippen LogP contribution in [-0.4, -0.2) is 6.29 Å². The molecular formula is C7H13NO. The lowest BCUT2D eigenvalue weighted by atomic mass is 10.4. The highest BCUT2D eigenvalue weighted by molar-refractivity contribution is 5.48. The van der Waals surface area contributed by atoms with Gasteiger partial charge in [0.05, 0.1) is 6.07 Å². The van der Waals surface area contributed by atoms with E-state index >= 15 is 0 Å². The van der Waals surface area contributed by atoms with E-state index in [4.69, 9.17) is 5.26 Å². The van der Waals surface area contributed by atoms with Crippen LogP contribution in [0.25, 0.3) is 0 Å². The van der Waals surface area contributed by atoms with Crippen molar-refractivity contribution in [2.75, 3.05) is 0 Å². The minimum atomic E-state index is 0.639. The predicted molar refractivity (Wildman–Crippen MR) is 36.9 cm³/mol. The molecule has 0 fully saturated rings. The van der Waals surface area contributed by atoms with Crippen LogP contribution in [0, 0.1) is 11.3 Å². The monoisotopic (exact) mass is 127 g/mol. The summed E-state index contributed by atoms with van der Waals surface area (Å²) in [5.41, 5.74) is 0. The Morgan fingerprint density at radius 2 is 2.00 bits per heavy atom. The number of carbonyl (C=O) groups excluding carboxylic acids is 1. The molecule has 0 heterocycles. The number of carbonyl (C=O) groups is 1. The van der Waals surface area contributed by atoms with Gasteiger partial charge >= 0.3 is 0 Å². The lowest BCUT2D eigenvalue weighted by Gasteiger charge is -1.65. The third kappa shape index (κ3) is 40.9. The molecule has 0 aromatic heterocycles. The number of rotatable bonds is 2. The Labute approximate surface area is 56.5 Å². The molecule has 0 radical (unpaired) electrons. The average Bonchev–Trinajstić information content (AvgIpc) is 1.91. The molecule has 0 unspecified atom stereocenters. The van der Waals surface area contributed by atoms with Crippen molar-refractivity contribution in [2.24, 2.45) is 0 Å². The van der Waals surface area contributed by atoms with Gasteiger partial charge in [-0.2, -0.15) is 5.26 Å². The molecule has 9 heavy (non-hydrogen) atoms. The van der Waals surface area contributed by atoms with Crippen LogP contribution in [0.4, 0.5) is 0 Å². The van der Waals surface area contributed by atoms with Crippen molar-refractivity contribution in [2.45, 2.75) is 33.1 Å². The maximum absolute atomic E-state index is 9.17. The topological polar surface area (TPSA) is 40.9 Å². The Morgan fingerprint density at radius 1 is 1.56 bits per heavy atom. The fourth-order valence-electron chi connectivity index (χ4n) is 0.112. The normalized spacial score (nSPS) is 6.33. The molecule has 0 saturated carbocycles. The maximum Gasteiger partial charge on any atom is 0.119 e. The lowest BCUT2D eigenvalue weighted by molar-refractivity contribution is -0.107. The summed E-state index contributed by atoms with van der Waals surface area (Å²) in [5.74, 6) is 0. The molecule has 2 nitrogen and oxygen atoms in total. The highest BCUT2D eigenvalue weighted by Crippen LogP contribution is 1.77. The molecule has 0 aliphatic heterocycles. The smallest absolute Gasteiger partial charge is 0.119 e. The van der Waals surface area contributed by atoms with Gasteiger partial charge in [-0.1, -0.05) is 13.8 Å². The van der Waals surface area contributed by atoms with Crippen LogP contribution in [-0.2, 0) is 4.79 Å². The minimum absolute atomic E-state index is 0.639. The zero-order valence-electron chi connectivity index (χ0n) is 6.05. The molecule has 0 saturated heterocycles. The van der Waals surface area contributed by atoms with Crippen molar-refractivity contribution in [3.63, 3.8) is 0 Å². The van der Waals surface area contributed by atoms with Crippen LogP contribution in [0.15, 0.2) is 0 Å². The van der Waals surface area contributed by atoms with Gasteiger partial charge in [-0.3, -0.25) is 0 Å². The first-order valence-electron chi connectivity index (χ1n) is 3.14. The van der Waals surface area contributed by atoms with Gasteiger partial charge in [0.1, 0.15) is 6.29 Å². The second-order valence-electron chi connectivity index (χ2n) is 1.48. The van der Waals surface area contributed by atoms with E-state index in [9.17, 15) is 4.79 Å². The minimum Gasteiger partial charge on any atom is -0.303 e. The summed E-state index contributed by atoms with van der Waals surface area (Å²) < 4.78 is 0. The van der Waals surface area contributed by atoms with Gasteiger partial charge in [-0.05, 0) is 6.42 Å². The molecule has 0 aliphatic rings. The van der Waals surface area contributed by atoms with Crippen molar-refractivity contribution in [1.82, 2.24) is 0 Å². The number of nitrogens with zero attached hydrogens (tertiary/aromatic N) is 1. The molecule has 0 rings (SSSR count). The van der Waals surface area contributed by atoms with E-state index in [1.54, 1.807) is 0 Å². The molecule has 0 spiro atoms. The van der Waals surface area contributed by atoms with Gasteiger partial charge in [0.2, 0.25) is 0 Å². The third-order valence-corrected chi connectivity index (χ3v) is 0.528. The van der Waals surface area contributed by atoms with E-state index in [2.05, 4.69) is 0 Å². The molecular weight excluding hydrogens is 114 g/mol. The van der Waals surface area contributed by atoms with Crippen LogP contribution in [0.1, 0.15) is 33.1 Å². The van der Waals surface area contributed by atoms with Crippen LogP contribution >= 0.6 is 0 Å². The van der Waals surface area contributed by atoms with Crippen LogP contribution in [0.2, 0.25) is 0 Å². The SMILES string of the molecule is CCC=O.CCCC#N. The van der Waals surface area contributed by atoms with E-state index in [0.717, 1.165) is 12.7 Å². The number of hydrogen-bond acceptors (Lipinski definition) is 2. The molecule has 0 amide bonds. The fraction of sp³-hybridized carbons (Fsp3) is 0.714. The highest BCUT2D eigenvalue weighted by atomic mass is 16.1. The van der Waals surface area contributed by atoms with E-state index < -0.39 is 0 Å². The quantitative estimate of drug-likeness (QED) is 0.531. The van der Waals surface area contributed by atoms with Gasteiger partial charge in [0.15, 0.2) is 0 Å². The van der Waals surface area contributed by atoms with Crippen LogP contribution < -0.4 is 0 Å². The summed E-state index contributed by atoms with van der Waals surface area (Å²) in [4.78, 5) is 9.17. The van der Waals surface area contributed by atoms with Crippen LogP contribution in [0.3, 0.4) is 0 Å². The summed E-state index contributed by atoms with van der Waals surface area (Å²) in [6.45, 7) is 3.80. The zero-order chi connectivity index (χ0) is 7.54. The molecule has 0 N–H and O–H groups in total. The molecule has 2 heteroatoms. The molecule has 0 bridgehead atoms. The van der Waals surface area contributed by atoms with E-state index in [1.165, 1.54) is 0 Å². The standard InChI is InChI=1S/C4H7N.C3H6O/c1-2-3-4-5;1-2-3-4/h2-3H2,1H3;3H,2H2,1H3. The Bertz CT molecular complexity index is 83.4. The number of nitriles is 1. The largest absolute Gasteiger partial charge is 0.303 e. The maximum atomic E-state index is 9.17. The summed E-state index contributed by atoms with van der Waals surface area (Å²) in [6.07, 6.45) is 3.19. The van der Waals surface area contributed by atoms with Crippen molar-refractivity contribution >= 4 is 6.29 Å². The fourth-order valence-corrected chi connectivity index (χ4v) is 0.112. The summed E-state index contributed by atoms with van der Waals surface area (Å²) >= 11 is 0. The van der Waals surface area contributed by atoms with E-state index in [-0.39, 0.29) is 0 Å². The van der Waals surface area contributed by atoms with Gasteiger partial charge in [0.25, 0.3) is 0 Å². The Balaban J connectivity index is 0. The van der Waals surface area contributed by atoms with E-state index in [1.807, 2.05) is 19.9 Å². The second-order valence-corrected chi connectivity index (χ2v) is 1.48. The highest BCUT2D eigenvalue weighted by Gasteiger charge is 1.65. The average molecular weight is 127 g/mol. The van der Waals surface area contributed by atoms with Crippen molar-refractivity contribution in [3.8, 4) is 6.07 Å². The third-order valence-electron chi connectivity index (χ3n) is 0.528. The molecule has 0 atom stereocenters. The Morgan fingerprint density at radius 3 is 2.00 bits per heavy atom.